The van der Waals surface area contributed by atoms with Crippen LogP contribution in [0.25, 0.3) is 0 Å². The topological polar surface area (TPSA) is 86.9 Å². The van der Waals surface area contributed by atoms with Crippen molar-refractivity contribution < 1.29 is 9.59 Å². The van der Waals surface area contributed by atoms with Crippen LogP contribution in [0.3, 0.4) is 0 Å². The number of hydrogen-bond donors (Lipinski definition) is 3. The molecule has 0 radical (unpaired) electrons. The van der Waals surface area contributed by atoms with Crippen molar-refractivity contribution in [3.05, 3.63) is 46.8 Å². The molecule has 6 nitrogen and oxygen atoms in total. The van der Waals surface area contributed by atoms with Crippen molar-refractivity contribution in [3.8, 4) is 0 Å². The number of hydrogen-bond acceptors (Lipinski definition) is 3. The summed E-state index contributed by atoms with van der Waals surface area (Å²) in [6, 6.07) is 7.25. The monoisotopic (exact) mass is 286 g/mol. The number of aryl methyl sites for hydroxylation is 2. The van der Waals surface area contributed by atoms with Gasteiger partial charge in [-0.05, 0) is 25.5 Å². The molecule has 21 heavy (non-hydrogen) atoms. The van der Waals surface area contributed by atoms with Crippen LogP contribution in [-0.2, 0) is 11.2 Å². The van der Waals surface area contributed by atoms with Crippen LogP contribution in [0.5, 0.6) is 0 Å². The van der Waals surface area contributed by atoms with Crippen LogP contribution in [0.4, 0.5) is 5.69 Å². The van der Waals surface area contributed by atoms with E-state index in [1.807, 2.05) is 18.2 Å². The minimum atomic E-state index is -0.233. The zero-order chi connectivity index (χ0) is 15.4. The third-order valence-electron chi connectivity index (χ3n) is 3.25. The van der Waals surface area contributed by atoms with Crippen LogP contribution >= 0.6 is 0 Å². The highest BCUT2D eigenvalue weighted by atomic mass is 16.2. The van der Waals surface area contributed by atoms with Crippen molar-refractivity contribution in [2.75, 3.05) is 12.4 Å². The molecule has 0 fully saturated rings. The van der Waals surface area contributed by atoms with Gasteiger partial charge in [0, 0.05) is 18.4 Å². The molecule has 1 heterocycles. The van der Waals surface area contributed by atoms with Gasteiger partial charge in [-0.2, -0.15) is 5.10 Å². The Morgan fingerprint density at radius 1 is 1.24 bits per heavy atom. The molecule has 0 atom stereocenters. The van der Waals surface area contributed by atoms with E-state index in [0.717, 1.165) is 5.56 Å². The lowest BCUT2D eigenvalue weighted by Crippen LogP contribution is -2.21. The summed E-state index contributed by atoms with van der Waals surface area (Å²) in [5, 5.41) is 12.2. The minimum Gasteiger partial charge on any atom is -0.359 e. The molecule has 110 valence electrons. The molecule has 0 bridgehead atoms. The van der Waals surface area contributed by atoms with Crippen LogP contribution in [0.2, 0.25) is 0 Å². The average molecular weight is 286 g/mol. The van der Waals surface area contributed by atoms with Gasteiger partial charge in [0.25, 0.3) is 5.91 Å². The van der Waals surface area contributed by atoms with E-state index in [4.69, 9.17) is 0 Å². The standard InChI is InChI=1S/C15H18N4O2/c1-9-14(10(2)19-18-9)15(21)17-12-7-5-4-6-11(12)8-13(20)16-3/h4-7H,8H2,1-3H3,(H,16,20)(H,17,21)(H,18,19). The number of para-hydroxylation sites is 1. The zero-order valence-corrected chi connectivity index (χ0v) is 12.3. The molecular weight excluding hydrogens is 268 g/mol. The molecule has 0 unspecified atom stereocenters. The van der Waals surface area contributed by atoms with Gasteiger partial charge in [0.2, 0.25) is 5.91 Å². The van der Waals surface area contributed by atoms with E-state index >= 15 is 0 Å². The number of nitrogens with one attached hydrogen (secondary N) is 3. The Kier molecular flexibility index (Phi) is 4.37. The Labute approximate surface area is 122 Å². The molecule has 2 rings (SSSR count). The Morgan fingerprint density at radius 2 is 1.95 bits per heavy atom. The SMILES string of the molecule is CNC(=O)Cc1ccccc1NC(=O)c1c(C)n[nH]c1C. The minimum absolute atomic E-state index is 0.104. The van der Waals surface area contributed by atoms with Crippen molar-refractivity contribution in [2.45, 2.75) is 20.3 Å². The third kappa shape index (κ3) is 3.28. The van der Waals surface area contributed by atoms with E-state index in [9.17, 15) is 9.59 Å². The third-order valence-corrected chi connectivity index (χ3v) is 3.25. The van der Waals surface area contributed by atoms with Gasteiger partial charge in [-0.15, -0.1) is 0 Å². The fourth-order valence-corrected chi connectivity index (χ4v) is 2.13. The molecule has 6 heteroatoms. The number of carbonyl (C=O) groups is 2. The lowest BCUT2D eigenvalue weighted by Gasteiger charge is -2.10. The first kappa shape index (κ1) is 14.8. The number of amides is 2. The fourth-order valence-electron chi connectivity index (χ4n) is 2.13. The van der Waals surface area contributed by atoms with Crippen LogP contribution in [0, 0.1) is 13.8 Å². The van der Waals surface area contributed by atoms with E-state index in [-0.39, 0.29) is 18.2 Å². The lowest BCUT2D eigenvalue weighted by molar-refractivity contribution is -0.119. The molecule has 1 aromatic carbocycles. The summed E-state index contributed by atoms with van der Waals surface area (Å²) in [4.78, 5) is 23.9. The van der Waals surface area contributed by atoms with E-state index in [2.05, 4.69) is 20.8 Å². The van der Waals surface area contributed by atoms with Gasteiger partial charge in [0.15, 0.2) is 0 Å². The summed E-state index contributed by atoms with van der Waals surface area (Å²) >= 11 is 0. The van der Waals surface area contributed by atoms with Gasteiger partial charge in [-0.25, -0.2) is 0 Å². The van der Waals surface area contributed by atoms with Crippen molar-refractivity contribution in [3.63, 3.8) is 0 Å². The molecule has 0 aliphatic rings. The molecule has 3 N–H and O–H groups in total. The van der Waals surface area contributed by atoms with Crippen molar-refractivity contribution >= 4 is 17.5 Å². The Bertz CT molecular complexity index is 657. The maximum absolute atomic E-state index is 12.4. The first-order valence-corrected chi connectivity index (χ1v) is 6.64. The van der Waals surface area contributed by atoms with Crippen molar-refractivity contribution in [1.82, 2.24) is 15.5 Å². The van der Waals surface area contributed by atoms with Gasteiger partial charge < -0.3 is 10.6 Å². The second kappa shape index (κ2) is 6.21. The van der Waals surface area contributed by atoms with E-state index < -0.39 is 0 Å². The maximum atomic E-state index is 12.4. The lowest BCUT2D eigenvalue weighted by atomic mass is 10.1. The summed E-state index contributed by atoms with van der Waals surface area (Å²) < 4.78 is 0. The first-order chi connectivity index (χ1) is 10.0. The Hall–Kier alpha value is -2.63. The van der Waals surface area contributed by atoms with Crippen LogP contribution < -0.4 is 10.6 Å². The highest BCUT2D eigenvalue weighted by molar-refractivity contribution is 6.06. The van der Waals surface area contributed by atoms with Gasteiger partial charge >= 0.3 is 0 Å². The number of aromatic nitrogens is 2. The maximum Gasteiger partial charge on any atom is 0.259 e. The number of carbonyl (C=O) groups excluding carboxylic acids is 2. The van der Waals surface area contributed by atoms with E-state index in [1.54, 1.807) is 27.0 Å². The molecule has 0 aliphatic heterocycles. The van der Waals surface area contributed by atoms with Gasteiger partial charge in [-0.1, -0.05) is 18.2 Å². The molecule has 1 aromatic heterocycles. The predicted octanol–water partition coefficient (Wildman–Crippen LogP) is 1.57. The van der Waals surface area contributed by atoms with E-state index in [1.165, 1.54) is 0 Å². The van der Waals surface area contributed by atoms with Crippen molar-refractivity contribution in [1.29, 1.82) is 0 Å². The number of rotatable bonds is 4. The molecule has 0 saturated carbocycles. The zero-order valence-electron chi connectivity index (χ0n) is 12.3. The second-order valence-electron chi connectivity index (χ2n) is 4.77. The molecule has 0 aliphatic carbocycles. The number of benzene rings is 1. The van der Waals surface area contributed by atoms with Gasteiger partial charge in [-0.3, -0.25) is 14.7 Å². The van der Waals surface area contributed by atoms with Crippen LogP contribution in [0.15, 0.2) is 24.3 Å². The number of anilines is 1. The summed E-state index contributed by atoms with van der Waals surface area (Å²) in [7, 11) is 1.59. The number of likely N-dealkylation sites (N-methyl/N-ethyl adjacent to an activating group) is 1. The molecule has 2 aromatic rings. The van der Waals surface area contributed by atoms with Crippen LogP contribution in [0.1, 0.15) is 27.3 Å². The summed E-state index contributed by atoms with van der Waals surface area (Å²) in [6.45, 7) is 3.57. The fraction of sp³-hybridized carbons (Fsp3) is 0.267. The van der Waals surface area contributed by atoms with Crippen molar-refractivity contribution in [2.24, 2.45) is 0 Å². The number of H-pyrrole nitrogens is 1. The predicted molar refractivity (Wildman–Crippen MR) is 80.2 cm³/mol. The van der Waals surface area contributed by atoms with E-state index in [0.29, 0.717) is 22.6 Å². The van der Waals surface area contributed by atoms with Gasteiger partial charge in [0.1, 0.15) is 0 Å². The molecule has 0 saturated heterocycles. The number of nitrogens with zero attached hydrogens (tertiary/aromatic N) is 1. The van der Waals surface area contributed by atoms with Crippen LogP contribution in [-0.4, -0.2) is 29.1 Å². The number of aromatic amines is 1. The summed E-state index contributed by atoms with van der Waals surface area (Å²) in [5.41, 5.74) is 3.29. The highest BCUT2D eigenvalue weighted by Gasteiger charge is 2.16. The normalized spacial score (nSPS) is 10.2. The quantitative estimate of drug-likeness (QED) is 0.797. The second-order valence-corrected chi connectivity index (χ2v) is 4.77. The summed E-state index contributed by atoms with van der Waals surface area (Å²) in [6.07, 6.45) is 0.219. The first-order valence-electron chi connectivity index (χ1n) is 6.64. The smallest absolute Gasteiger partial charge is 0.259 e. The average Bonchev–Trinajstić information content (AvgIpc) is 2.80. The summed E-state index contributed by atoms with van der Waals surface area (Å²) in [5.74, 6) is -0.338. The molecular formula is C15H18N4O2. The Morgan fingerprint density at radius 3 is 2.57 bits per heavy atom. The molecule has 0 spiro atoms. The largest absolute Gasteiger partial charge is 0.359 e. The Balaban J connectivity index is 2.24. The highest BCUT2D eigenvalue weighted by Crippen LogP contribution is 2.18. The molecule has 2 amide bonds. The van der Waals surface area contributed by atoms with Gasteiger partial charge in [0.05, 0.1) is 17.7 Å².